The zero-order chi connectivity index (χ0) is 19.2. The van der Waals surface area contributed by atoms with Crippen LogP contribution in [0, 0.1) is 5.82 Å². The van der Waals surface area contributed by atoms with Gasteiger partial charge < -0.3 is 15.2 Å². The van der Waals surface area contributed by atoms with Crippen LogP contribution in [0.3, 0.4) is 0 Å². The lowest BCUT2D eigenvalue weighted by atomic mass is 10.1. The zero-order valence-electron chi connectivity index (χ0n) is 14.8. The van der Waals surface area contributed by atoms with Gasteiger partial charge in [0, 0.05) is 19.7 Å². The molecule has 9 heteroatoms. The first-order valence-corrected chi connectivity index (χ1v) is 10.1. The Balaban J connectivity index is 2.09. The van der Waals surface area contributed by atoms with E-state index in [0.29, 0.717) is 26.0 Å². The van der Waals surface area contributed by atoms with E-state index >= 15 is 0 Å². The van der Waals surface area contributed by atoms with Gasteiger partial charge >= 0.3 is 5.97 Å². The second kappa shape index (κ2) is 9.40. The molecule has 0 atom stereocenters. The smallest absolute Gasteiger partial charge is 0.338 e. The van der Waals surface area contributed by atoms with Crippen molar-refractivity contribution in [2.24, 2.45) is 5.73 Å². The van der Waals surface area contributed by atoms with Crippen LogP contribution in [0.1, 0.15) is 36.5 Å². The first kappa shape index (κ1) is 20.8. The molecule has 146 valence electrons. The van der Waals surface area contributed by atoms with Crippen LogP contribution in [0.2, 0.25) is 0 Å². The molecule has 0 spiro atoms. The van der Waals surface area contributed by atoms with Crippen molar-refractivity contribution in [2.75, 3.05) is 32.8 Å². The van der Waals surface area contributed by atoms with Crippen molar-refractivity contribution >= 4 is 16.0 Å². The number of hydrogen-bond donors (Lipinski definition) is 1. The van der Waals surface area contributed by atoms with Crippen LogP contribution < -0.4 is 5.73 Å². The van der Waals surface area contributed by atoms with Crippen LogP contribution in [0.25, 0.3) is 0 Å². The number of hydrogen-bond acceptors (Lipinski definition) is 6. The summed E-state index contributed by atoms with van der Waals surface area (Å²) in [6.07, 6.45) is 1.88. The summed E-state index contributed by atoms with van der Waals surface area (Å²) in [5, 5.41) is 0. The SMILES string of the molecule is CCOC(=O)c1cc(F)cc(S(=O)(=O)N2CCC(OCCCN)CC2)c1. The number of ether oxygens (including phenoxy) is 2. The Morgan fingerprint density at radius 2 is 2.00 bits per heavy atom. The van der Waals surface area contributed by atoms with Crippen molar-refractivity contribution in [3.8, 4) is 0 Å². The van der Waals surface area contributed by atoms with Gasteiger partial charge in [0.05, 0.1) is 23.2 Å². The molecule has 7 nitrogen and oxygen atoms in total. The Hall–Kier alpha value is -1.55. The normalized spacial score (nSPS) is 16.6. The van der Waals surface area contributed by atoms with Gasteiger partial charge in [0.2, 0.25) is 10.0 Å². The number of esters is 1. The van der Waals surface area contributed by atoms with Crippen LogP contribution in [0.15, 0.2) is 23.1 Å². The number of nitrogens with two attached hydrogens (primary N) is 1. The van der Waals surface area contributed by atoms with Crippen LogP contribution in [-0.4, -0.2) is 57.6 Å². The molecule has 26 heavy (non-hydrogen) atoms. The Kier molecular flexibility index (Phi) is 7.51. The first-order valence-electron chi connectivity index (χ1n) is 8.68. The minimum absolute atomic E-state index is 0.00407. The molecule has 0 radical (unpaired) electrons. The van der Waals surface area contributed by atoms with E-state index in [1.165, 1.54) is 4.31 Å². The van der Waals surface area contributed by atoms with E-state index in [2.05, 4.69) is 0 Å². The van der Waals surface area contributed by atoms with E-state index in [1.807, 2.05) is 0 Å². The Bertz CT molecular complexity index is 718. The number of rotatable bonds is 8. The van der Waals surface area contributed by atoms with Gasteiger partial charge in [-0.05, 0) is 50.9 Å². The maximum absolute atomic E-state index is 13.8. The average molecular weight is 388 g/mol. The van der Waals surface area contributed by atoms with Crippen molar-refractivity contribution in [1.82, 2.24) is 4.31 Å². The summed E-state index contributed by atoms with van der Waals surface area (Å²) in [5.74, 6) is -1.55. The zero-order valence-corrected chi connectivity index (χ0v) is 15.6. The molecule has 1 aliphatic rings. The predicted molar refractivity (Wildman–Crippen MR) is 93.8 cm³/mol. The fraction of sp³-hybridized carbons (Fsp3) is 0.588. The maximum Gasteiger partial charge on any atom is 0.338 e. The molecule has 2 N–H and O–H groups in total. The molecule has 0 amide bonds. The first-order chi connectivity index (χ1) is 12.4. The highest BCUT2D eigenvalue weighted by molar-refractivity contribution is 7.89. The summed E-state index contributed by atoms with van der Waals surface area (Å²) in [7, 11) is -3.89. The quantitative estimate of drug-likeness (QED) is 0.535. The lowest BCUT2D eigenvalue weighted by Gasteiger charge is -2.31. The fourth-order valence-corrected chi connectivity index (χ4v) is 4.29. The summed E-state index contributed by atoms with van der Waals surface area (Å²) >= 11 is 0. The third kappa shape index (κ3) is 5.23. The van der Waals surface area contributed by atoms with Gasteiger partial charge in [-0.3, -0.25) is 0 Å². The summed E-state index contributed by atoms with van der Waals surface area (Å²) in [6.45, 7) is 3.40. The molecule has 1 saturated heterocycles. The maximum atomic E-state index is 13.8. The molecular formula is C17H25FN2O5S. The van der Waals surface area contributed by atoms with Gasteiger partial charge in [-0.25, -0.2) is 17.6 Å². The summed E-state index contributed by atoms with van der Waals surface area (Å²) < 4.78 is 51.2. The van der Waals surface area contributed by atoms with Crippen molar-refractivity contribution in [3.05, 3.63) is 29.6 Å². The highest BCUT2D eigenvalue weighted by Crippen LogP contribution is 2.24. The van der Waals surface area contributed by atoms with Gasteiger partial charge in [-0.2, -0.15) is 4.31 Å². The van der Waals surface area contributed by atoms with E-state index in [4.69, 9.17) is 15.2 Å². The van der Waals surface area contributed by atoms with E-state index in [-0.39, 0.29) is 36.3 Å². The van der Waals surface area contributed by atoms with Gasteiger partial charge in [-0.1, -0.05) is 0 Å². The Morgan fingerprint density at radius 1 is 1.31 bits per heavy atom. The van der Waals surface area contributed by atoms with E-state index in [9.17, 15) is 17.6 Å². The second-order valence-corrected chi connectivity index (χ2v) is 7.95. The topological polar surface area (TPSA) is 98.9 Å². The summed E-state index contributed by atoms with van der Waals surface area (Å²) in [4.78, 5) is 11.6. The standard InChI is InChI=1S/C17H25FN2O5S/c1-2-24-17(21)13-10-14(18)12-16(11-13)26(22,23)20-7-4-15(5-8-20)25-9-3-6-19/h10-12,15H,2-9,19H2,1H3. The van der Waals surface area contributed by atoms with Crippen molar-refractivity contribution in [3.63, 3.8) is 0 Å². The second-order valence-electron chi connectivity index (χ2n) is 6.01. The van der Waals surface area contributed by atoms with E-state index in [0.717, 1.165) is 24.6 Å². The minimum atomic E-state index is -3.89. The van der Waals surface area contributed by atoms with Crippen LogP contribution in [0.4, 0.5) is 4.39 Å². The molecule has 1 aliphatic heterocycles. The lowest BCUT2D eigenvalue weighted by molar-refractivity contribution is 0.0209. The van der Waals surface area contributed by atoms with Crippen LogP contribution in [-0.2, 0) is 19.5 Å². The Morgan fingerprint density at radius 3 is 2.62 bits per heavy atom. The molecule has 0 aliphatic carbocycles. The molecule has 0 bridgehead atoms. The molecule has 1 fully saturated rings. The van der Waals surface area contributed by atoms with Gasteiger partial charge in [0.15, 0.2) is 0 Å². The third-order valence-electron chi connectivity index (χ3n) is 4.12. The van der Waals surface area contributed by atoms with E-state index < -0.39 is 21.8 Å². The van der Waals surface area contributed by atoms with Crippen molar-refractivity contribution in [1.29, 1.82) is 0 Å². The lowest BCUT2D eigenvalue weighted by Crippen LogP contribution is -2.41. The number of nitrogens with zero attached hydrogens (tertiary/aromatic N) is 1. The highest BCUT2D eigenvalue weighted by atomic mass is 32.2. The number of carbonyl (C=O) groups is 1. The highest BCUT2D eigenvalue weighted by Gasteiger charge is 2.30. The number of sulfonamides is 1. The number of benzene rings is 1. The largest absolute Gasteiger partial charge is 0.462 e. The monoisotopic (exact) mass is 388 g/mol. The van der Waals surface area contributed by atoms with Gasteiger partial charge in [-0.15, -0.1) is 0 Å². The molecule has 1 heterocycles. The van der Waals surface area contributed by atoms with Gasteiger partial charge in [0.1, 0.15) is 5.82 Å². The Labute approximate surface area is 153 Å². The average Bonchev–Trinajstić information content (AvgIpc) is 2.62. The predicted octanol–water partition coefficient (Wildman–Crippen LogP) is 1.52. The minimum Gasteiger partial charge on any atom is -0.462 e. The van der Waals surface area contributed by atoms with Crippen molar-refractivity contribution in [2.45, 2.75) is 37.2 Å². The summed E-state index contributed by atoms with van der Waals surface area (Å²) in [5.41, 5.74) is 5.30. The number of carbonyl (C=O) groups excluding carboxylic acids is 1. The fourth-order valence-electron chi connectivity index (χ4n) is 2.77. The molecule has 2 rings (SSSR count). The molecular weight excluding hydrogens is 363 g/mol. The summed E-state index contributed by atoms with van der Waals surface area (Å²) in [6, 6.07) is 3.04. The molecule has 0 aromatic heterocycles. The van der Waals surface area contributed by atoms with E-state index in [1.54, 1.807) is 6.92 Å². The van der Waals surface area contributed by atoms with Gasteiger partial charge in [0.25, 0.3) is 0 Å². The van der Waals surface area contributed by atoms with Crippen LogP contribution in [0.5, 0.6) is 0 Å². The van der Waals surface area contributed by atoms with Crippen molar-refractivity contribution < 1.29 is 27.1 Å². The number of piperidine rings is 1. The molecule has 0 unspecified atom stereocenters. The number of halogens is 1. The van der Waals surface area contributed by atoms with Crippen LogP contribution >= 0.6 is 0 Å². The third-order valence-corrected chi connectivity index (χ3v) is 6.00. The molecule has 1 aromatic rings. The molecule has 1 aromatic carbocycles. The molecule has 0 saturated carbocycles.